The van der Waals surface area contributed by atoms with Crippen molar-refractivity contribution in [2.24, 2.45) is 0 Å². The SMILES string of the molecule is CC(C)(C)OC(=O)n1ccc(CC/C=C2\CN(C(c3ccccc3)(c3ccccc3)c3ccccc3)CCC2=O)n1. The van der Waals surface area contributed by atoms with Gasteiger partial charge in [0.25, 0.3) is 0 Å². The molecule has 210 valence electrons. The fourth-order valence-electron chi connectivity index (χ4n) is 5.62. The van der Waals surface area contributed by atoms with E-state index in [2.05, 4.69) is 82.8 Å². The molecule has 0 spiro atoms. The molecule has 1 aliphatic heterocycles. The van der Waals surface area contributed by atoms with E-state index in [0.717, 1.165) is 11.3 Å². The first-order chi connectivity index (χ1) is 19.8. The van der Waals surface area contributed by atoms with Gasteiger partial charge in [-0.2, -0.15) is 9.78 Å². The van der Waals surface area contributed by atoms with Gasteiger partial charge in [0, 0.05) is 31.3 Å². The van der Waals surface area contributed by atoms with Gasteiger partial charge in [0.05, 0.1) is 11.2 Å². The van der Waals surface area contributed by atoms with Crippen LogP contribution in [0.5, 0.6) is 0 Å². The molecule has 0 saturated carbocycles. The molecular weight excluding hydrogens is 510 g/mol. The van der Waals surface area contributed by atoms with E-state index in [-0.39, 0.29) is 5.78 Å². The van der Waals surface area contributed by atoms with Crippen molar-refractivity contribution in [3.8, 4) is 0 Å². The van der Waals surface area contributed by atoms with Crippen LogP contribution in [0.4, 0.5) is 4.79 Å². The Morgan fingerprint density at radius 3 is 1.90 bits per heavy atom. The largest absolute Gasteiger partial charge is 0.442 e. The number of ketones is 1. The number of piperidine rings is 1. The Balaban J connectivity index is 1.44. The minimum Gasteiger partial charge on any atom is -0.442 e. The van der Waals surface area contributed by atoms with E-state index < -0.39 is 17.2 Å². The second-order valence-corrected chi connectivity index (χ2v) is 11.4. The normalized spacial score (nSPS) is 15.7. The Hall–Kier alpha value is -4.29. The first-order valence-corrected chi connectivity index (χ1v) is 14.2. The molecule has 6 nitrogen and oxygen atoms in total. The van der Waals surface area contributed by atoms with Crippen molar-refractivity contribution < 1.29 is 14.3 Å². The van der Waals surface area contributed by atoms with Crippen molar-refractivity contribution in [1.29, 1.82) is 0 Å². The molecule has 41 heavy (non-hydrogen) atoms. The van der Waals surface area contributed by atoms with E-state index in [4.69, 9.17) is 4.74 Å². The van der Waals surface area contributed by atoms with Gasteiger partial charge in [-0.25, -0.2) is 4.79 Å². The number of hydrogen-bond donors (Lipinski definition) is 0. The molecule has 1 aliphatic rings. The van der Waals surface area contributed by atoms with Gasteiger partial charge in [-0.1, -0.05) is 97.1 Å². The zero-order valence-electron chi connectivity index (χ0n) is 24.0. The number of nitrogens with zero attached hydrogens (tertiary/aromatic N) is 3. The molecule has 0 radical (unpaired) electrons. The molecule has 0 amide bonds. The third kappa shape index (κ3) is 6.23. The van der Waals surface area contributed by atoms with Crippen molar-refractivity contribution in [3.05, 3.63) is 137 Å². The van der Waals surface area contributed by atoms with Crippen molar-refractivity contribution in [1.82, 2.24) is 14.7 Å². The summed E-state index contributed by atoms with van der Waals surface area (Å²) >= 11 is 0. The maximum absolute atomic E-state index is 13.2. The first kappa shape index (κ1) is 28.2. The van der Waals surface area contributed by atoms with E-state index in [1.54, 1.807) is 6.20 Å². The summed E-state index contributed by atoms with van der Waals surface area (Å²) in [6.45, 7) is 6.66. The second-order valence-electron chi connectivity index (χ2n) is 11.4. The Morgan fingerprint density at radius 1 is 0.854 bits per heavy atom. The number of carbonyl (C=O) groups is 2. The fraction of sp³-hybridized carbons (Fsp3) is 0.286. The minimum absolute atomic E-state index is 0.184. The summed E-state index contributed by atoms with van der Waals surface area (Å²) in [5, 5.41) is 4.39. The maximum Gasteiger partial charge on any atom is 0.435 e. The summed E-state index contributed by atoms with van der Waals surface area (Å²) < 4.78 is 6.63. The standard InChI is InChI=1S/C35H37N3O3/c1-34(2,3)41-33(40)38-25-22-31(36-38)21-13-14-27-26-37(24-23-32(27)39)35(28-15-7-4-8-16-28,29-17-9-5-10-18-29)30-19-11-6-12-20-30/h4-12,14-20,22,25H,13,21,23-24,26H2,1-3H3/b27-14+. The van der Waals surface area contributed by atoms with Gasteiger partial charge >= 0.3 is 6.09 Å². The highest BCUT2D eigenvalue weighted by Crippen LogP contribution is 2.43. The van der Waals surface area contributed by atoms with Crippen LogP contribution in [0.25, 0.3) is 0 Å². The third-order valence-electron chi connectivity index (χ3n) is 7.39. The molecule has 0 N–H and O–H groups in total. The number of ether oxygens (including phenoxy) is 1. The number of benzene rings is 3. The van der Waals surface area contributed by atoms with E-state index in [0.29, 0.717) is 32.4 Å². The van der Waals surface area contributed by atoms with Crippen LogP contribution in [0.1, 0.15) is 56.0 Å². The highest BCUT2D eigenvalue weighted by atomic mass is 16.6. The van der Waals surface area contributed by atoms with Crippen LogP contribution in [0, 0.1) is 0 Å². The monoisotopic (exact) mass is 547 g/mol. The number of carbonyl (C=O) groups excluding carboxylic acids is 2. The number of aromatic nitrogens is 2. The van der Waals surface area contributed by atoms with Crippen LogP contribution in [-0.2, 0) is 21.5 Å². The number of likely N-dealkylation sites (tertiary alicyclic amines) is 1. The van der Waals surface area contributed by atoms with Gasteiger partial charge in [-0.15, -0.1) is 0 Å². The van der Waals surface area contributed by atoms with Crippen LogP contribution >= 0.6 is 0 Å². The molecular formula is C35H37N3O3. The van der Waals surface area contributed by atoms with Crippen molar-refractivity contribution >= 4 is 11.9 Å². The number of Topliss-reactive ketones (excluding diaryl/α,β-unsaturated/α-hetero) is 1. The topological polar surface area (TPSA) is 64.4 Å². The molecule has 1 fully saturated rings. The Bertz CT molecular complexity index is 1410. The quantitative estimate of drug-likeness (QED) is 0.188. The summed E-state index contributed by atoms with van der Waals surface area (Å²) in [4.78, 5) is 27.9. The van der Waals surface area contributed by atoms with Gasteiger partial charge < -0.3 is 4.74 Å². The molecule has 3 aromatic carbocycles. The lowest BCUT2D eigenvalue weighted by molar-refractivity contribution is -0.118. The number of rotatable bonds is 7. The molecule has 4 aromatic rings. The van der Waals surface area contributed by atoms with E-state index in [1.165, 1.54) is 21.4 Å². The molecule has 6 heteroatoms. The zero-order valence-corrected chi connectivity index (χ0v) is 24.0. The van der Waals surface area contributed by atoms with Gasteiger partial charge in [-0.3, -0.25) is 9.69 Å². The van der Waals surface area contributed by atoms with Crippen LogP contribution in [0.3, 0.4) is 0 Å². The fourth-order valence-corrected chi connectivity index (χ4v) is 5.62. The highest BCUT2D eigenvalue weighted by Gasteiger charge is 2.44. The molecule has 0 unspecified atom stereocenters. The lowest BCUT2D eigenvalue weighted by Crippen LogP contribution is -2.52. The van der Waals surface area contributed by atoms with E-state index in [1.807, 2.05) is 51.1 Å². The van der Waals surface area contributed by atoms with Crippen LogP contribution < -0.4 is 0 Å². The van der Waals surface area contributed by atoms with Crippen molar-refractivity contribution in [3.63, 3.8) is 0 Å². The number of allylic oxidation sites excluding steroid dienone is 1. The number of hydrogen-bond acceptors (Lipinski definition) is 5. The molecule has 1 aromatic heterocycles. The maximum atomic E-state index is 13.2. The third-order valence-corrected chi connectivity index (χ3v) is 7.39. The number of aryl methyl sites for hydroxylation is 1. The van der Waals surface area contributed by atoms with Crippen LogP contribution in [0.15, 0.2) is 115 Å². The molecule has 2 heterocycles. The predicted octanol–water partition coefficient (Wildman–Crippen LogP) is 6.79. The predicted molar refractivity (Wildman–Crippen MR) is 161 cm³/mol. The van der Waals surface area contributed by atoms with Gasteiger partial charge in [-0.05, 0) is 56.4 Å². The van der Waals surface area contributed by atoms with Gasteiger partial charge in [0.1, 0.15) is 5.60 Å². The first-order valence-electron chi connectivity index (χ1n) is 14.2. The summed E-state index contributed by atoms with van der Waals surface area (Å²) in [6, 6.07) is 33.5. The summed E-state index contributed by atoms with van der Waals surface area (Å²) in [6.07, 6.45) is 4.89. The van der Waals surface area contributed by atoms with Crippen molar-refractivity contribution in [2.75, 3.05) is 13.1 Å². The lowest BCUT2D eigenvalue weighted by atomic mass is 9.74. The Morgan fingerprint density at radius 2 is 1.39 bits per heavy atom. The molecule has 1 saturated heterocycles. The highest BCUT2D eigenvalue weighted by molar-refractivity contribution is 5.96. The Labute approximate surface area is 242 Å². The Kier molecular flexibility index (Phi) is 8.31. The smallest absolute Gasteiger partial charge is 0.435 e. The summed E-state index contributed by atoms with van der Waals surface area (Å²) in [5.74, 6) is 0.184. The van der Waals surface area contributed by atoms with E-state index in [9.17, 15) is 9.59 Å². The van der Waals surface area contributed by atoms with Crippen LogP contribution in [-0.4, -0.2) is 45.2 Å². The molecule has 0 bridgehead atoms. The molecule has 0 atom stereocenters. The van der Waals surface area contributed by atoms with Crippen molar-refractivity contribution in [2.45, 2.75) is 51.2 Å². The minimum atomic E-state index is -0.588. The average molecular weight is 548 g/mol. The lowest BCUT2D eigenvalue weighted by Gasteiger charge is -2.47. The van der Waals surface area contributed by atoms with Gasteiger partial charge in [0.2, 0.25) is 0 Å². The second kappa shape index (κ2) is 12.1. The van der Waals surface area contributed by atoms with E-state index >= 15 is 0 Å². The summed E-state index contributed by atoms with van der Waals surface area (Å²) in [7, 11) is 0. The zero-order chi connectivity index (χ0) is 28.9. The van der Waals surface area contributed by atoms with Crippen LogP contribution in [0.2, 0.25) is 0 Å². The average Bonchev–Trinajstić information content (AvgIpc) is 3.45. The summed E-state index contributed by atoms with van der Waals surface area (Å²) in [5.41, 5.74) is 3.94. The molecule has 0 aliphatic carbocycles. The molecule has 5 rings (SSSR count). The van der Waals surface area contributed by atoms with Gasteiger partial charge in [0.15, 0.2) is 5.78 Å².